The van der Waals surface area contributed by atoms with Crippen LogP contribution < -0.4 is 15.6 Å². The van der Waals surface area contributed by atoms with Crippen LogP contribution in [0.4, 0.5) is 5.82 Å². The van der Waals surface area contributed by atoms with E-state index in [1.165, 1.54) is 0 Å². The van der Waals surface area contributed by atoms with Gasteiger partial charge in [-0.1, -0.05) is 19.1 Å². The van der Waals surface area contributed by atoms with Crippen molar-refractivity contribution in [2.45, 2.75) is 26.4 Å². The van der Waals surface area contributed by atoms with E-state index in [-0.39, 0.29) is 5.56 Å². The second-order valence-electron chi connectivity index (χ2n) is 4.48. The van der Waals surface area contributed by atoms with E-state index in [9.17, 15) is 4.79 Å². The number of aryl methyl sites for hydroxylation is 1. The molecule has 2 aromatic rings. The Bertz CT molecular complexity index is 605. The third kappa shape index (κ3) is 3.38. The lowest BCUT2D eigenvalue weighted by molar-refractivity contribution is 0.414. The van der Waals surface area contributed by atoms with Crippen molar-refractivity contribution in [1.82, 2.24) is 9.55 Å². The maximum Gasteiger partial charge on any atom is 0.293 e. The Labute approximate surface area is 118 Å². The SMILES string of the molecule is CCCn1ccnc(NCc2ccc(OC)cc2)c1=O. The van der Waals surface area contributed by atoms with E-state index in [2.05, 4.69) is 10.3 Å². The van der Waals surface area contributed by atoms with Gasteiger partial charge in [0, 0.05) is 25.5 Å². The molecule has 1 aromatic heterocycles. The van der Waals surface area contributed by atoms with E-state index < -0.39 is 0 Å². The number of ether oxygens (including phenoxy) is 1. The van der Waals surface area contributed by atoms with Gasteiger partial charge in [0.1, 0.15) is 5.75 Å². The first kappa shape index (κ1) is 14.1. The topological polar surface area (TPSA) is 56.1 Å². The Morgan fingerprint density at radius 3 is 2.70 bits per heavy atom. The molecule has 106 valence electrons. The van der Waals surface area contributed by atoms with Gasteiger partial charge in [-0.05, 0) is 24.1 Å². The number of methoxy groups -OCH3 is 1. The zero-order valence-electron chi connectivity index (χ0n) is 11.8. The summed E-state index contributed by atoms with van der Waals surface area (Å²) in [6, 6.07) is 7.70. The molecule has 0 aliphatic heterocycles. The van der Waals surface area contributed by atoms with Crippen molar-refractivity contribution in [3.63, 3.8) is 0 Å². The summed E-state index contributed by atoms with van der Waals surface area (Å²) < 4.78 is 6.78. The monoisotopic (exact) mass is 273 g/mol. The average molecular weight is 273 g/mol. The minimum absolute atomic E-state index is 0.0807. The molecule has 0 atom stereocenters. The van der Waals surface area contributed by atoms with Crippen LogP contribution in [0.1, 0.15) is 18.9 Å². The van der Waals surface area contributed by atoms with Crippen molar-refractivity contribution in [1.29, 1.82) is 0 Å². The molecule has 2 rings (SSSR count). The molecule has 0 saturated carbocycles. The van der Waals surface area contributed by atoms with Gasteiger partial charge in [-0.3, -0.25) is 4.79 Å². The number of rotatable bonds is 6. The normalized spacial score (nSPS) is 10.3. The molecule has 0 unspecified atom stereocenters. The largest absolute Gasteiger partial charge is 0.497 e. The lowest BCUT2D eigenvalue weighted by atomic mass is 10.2. The van der Waals surface area contributed by atoms with Crippen molar-refractivity contribution < 1.29 is 4.74 Å². The number of hydrogen-bond acceptors (Lipinski definition) is 4. The second-order valence-corrected chi connectivity index (χ2v) is 4.48. The predicted octanol–water partition coefficient (Wildman–Crippen LogP) is 2.27. The molecular weight excluding hydrogens is 254 g/mol. The van der Waals surface area contributed by atoms with Gasteiger partial charge in [-0.2, -0.15) is 0 Å². The third-order valence-electron chi connectivity index (χ3n) is 3.00. The summed E-state index contributed by atoms with van der Waals surface area (Å²) in [6.45, 7) is 3.30. The van der Waals surface area contributed by atoms with Crippen molar-refractivity contribution in [2.24, 2.45) is 0 Å². The molecule has 0 aliphatic rings. The number of anilines is 1. The van der Waals surface area contributed by atoms with Crippen LogP contribution in [0, 0.1) is 0 Å². The highest BCUT2D eigenvalue weighted by molar-refractivity contribution is 5.34. The lowest BCUT2D eigenvalue weighted by Gasteiger charge is -2.08. The van der Waals surface area contributed by atoms with Crippen LogP contribution in [0.25, 0.3) is 0 Å². The van der Waals surface area contributed by atoms with Gasteiger partial charge in [0.15, 0.2) is 5.82 Å². The molecule has 1 aromatic carbocycles. The summed E-state index contributed by atoms with van der Waals surface area (Å²) in [5.41, 5.74) is 0.987. The zero-order valence-corrected chi connectivity index (χ0v) is 11.8. The van der Waals surface area contributed by atoms with E-state index in [0.29, 0.717) is 18.9 Å². The maximum absolute atomic E-state index is 12.1. The molecule has 1 N–H and O–H groups in total. The fourth-order valence-electron chi connectivity index (χ4n) is 1.91. The van der Waals surface area contributed by atoms with E-state index in [4.69, 9.17) is 4.74 Å². The molecule has 20 heavy (non-hydrogen) atoms. The smallest absolute Gasteiger partial charge is 0.293 e. The van der Waals surface area contributed by atoms with Crippen molar-refractivity contribution in [3.8, 4) is 5.75 Å². The van der Waals surface area contributed by atoms with Crippen molar-refractivity contribution in [2.75, 3.05) is 12.4 Å². The van der Waals surface area contributed by atoms with Gasteiger partial charge in [-0.15, -0.1) is 0 Å². The van der Waals surface area contributed by atoms with Gasteiger partial charge in [0.25, 0.3) is 5.56 Å². The fourth-order valence-corrected chi connectivity index (χ4v) is 1.91. The molecule has 0 amide bonds. The molecule has 0 bridgehead atoms. The van der Waals surface area contributed by atoms with Crippen LogP contribution in [0.2, 0.25) is 0 Å². The van der Waals surface area contributed by atoms with Gasteiger partial charge >= 0.3 is 0 Å². The van der Waals surface area contributed by atoms with Crippen LogP contribution in [0.15, 0.2) is 41.5 Å². The van der Waals surface area contributed by atoms with E-state index in [1.54, 1.807) is 24.1 Å². The molecule has 0 fully saturated rings. The van der Waals surface area contributed by atoms with E-state index in [1.807, 2.05) is 31.2 Å². The highest BCUT2D eigenvalue weighted by atomic mass is 16.5. The van der Waals surface area contributed by atoms with Crippen LogP contribution in [0.5, 0.6) is 5.75 Å². The number of nitrogens with one attached hydrogen (secondary N) is 1. The van der Waals surface area contributed by atoms with Crippen LogP contribution in [-0.4, -0.2) is 16.7 Å². The quantitative estimate of drug-likeness (QED) is 0.877. The molecule has 1 heterocycles. The fraction of sp³-hybridized carbons (Fsp3) is 0.333. The van der Waals surface area contributed by atoms with Crippen molar-refractivity contribution >= 4 is 5.82 Å². The first-order valence-electron chi connectivity index (χ1n) is 6.67. The second kappa shape index (κ2) is 6.75. The molecule has 5 heteroatoms. The predicted molar refractivity (Wildman–Crippen MR) is 79.1 cm³/mol. The highest BCUT2D eigenvalue weighted by Crippen LogP contribution is 2.11. The summed E-state index contributed by atoms with van der Waals surface area (Å²) in [5, 5.41) is 3.08. The summed E-state index contributed by atoms with van der Waals surface area (Å²) in [6.07, 6.45) is 4.28. The Kier molecular flexibility index (Phi) is 4.76. The minimum atomic E-state index is -0.0807. The molecular formula is C15H19N3O2. The number of hydrogen-bond donors (Lipinski definition) is 1. The molecule has 0 saturated heterocycles. The van der Waals surface area contributed by atoms with Gasteiger partial charge in [-0.25, -0.2) is 4.98 Å². The van der Waals surface area contributed by atoms with Crippen molar-refractivity contribution in [3.05, 3.63) is 52.6 Å². The van der Waals surface area contributed by atoms with E-state index in [0.717, 1.165) is 17.7 Å². The zero-order chi connectivity index (χ0) is 14.4. The molecule has 0 aliphatic carbocycles. The highest BCUT2D eigenvalue weighted by Gasteiger charge is 2.04. The first-order valence-corrected chi connectivity index (χ1v) is 6.67. The Balaban J connectivity index is 2.06. The maximum atomic E-state index is 12.1. The Morgan fingerprint density at radius 2 is 2.05 bits per heavy atom. The van der Waals surface area contributed by atoms with Crippen LogP contribution in [-0.2, 0) is 13.1 Å². The number of aromatic nitrogens is 2. The van der Waals surface area contributed by atoms with Gasteiger partial charge < -0.3 is 14.6 Å². The van der Waals surface area contributed by atoms with Gasteiger partial charge in [0.2, 0.25) is 0 Å². The molecule has 0 radical (unpaired) electrons. The number of benzene rings is 1. The standard InChI is InChI=1S/C15H19N3O2/c1-3-9-18-10-8-16-14(15(18)19)17-11-12-4-6-13(20-2)7-5-12/h4-8,10H,3,9,11H2,1-2H3,(H,16,17). The molecule has 0 spiro atoms. The summed E-state index contributed by atoms with van der Waals surface area (Å²) >= 11 is 0. The van der Waals surface area contributed by atoms with Crippen LogP contribution >= 0.6 is 0 Å². The average Bonchev–Trinajstić information content (AvgIpc) is 2.49. The summed E-state index contributed by atoms with van der Waals surface area (Å²) in [5.74, 6) is 1.20. The van der Waals surface area contributed by atoms with Gasteiger partial charge in [0.05, 0.1) is 7.11 Å². The Hall–Kier alpha value is -2.30. The van der Waals surface area contributed by atoms with E-state index >= 15 is 0 Å². The van der Waals surface area contributed by atoms with Crippen LogP contribution in [0.3, 0.4) is 0 Å². The summed E-state index contributed by atoms with van der Waals surface area (Å²) in [7, 11) is 1.64. The first-order chi connectivity index (χ1) is 9.74. The third-order valence-corrected chi connectivity index (χ3v) is 3.00. The number of nitrogens with zero attached hydrogens (tertiary/aromatic N) is 2. The summed E-state index contributed by atoms with van der Waals surface area (Å²) in [4.78, 5) is 16.2. The Morgan fingerprint density at radius 1 is 1.30 bits per heavy atom. The lowest BCUT2D eigenvalue weighted by Crippen LogP contribution is -2.24. The minimum Gasteiger partial charge on any atom is -0.497 e. The molecule has 5 nitrogen and oxygen atoms in total.